The molecule has 7 nitrogen and oxygen atoms in total. The Morgan fingerprint density at radius 2 is 1.82 bits per heavy atom. The number of ether oxygens (including phenoxy) is 1. The van der Waals surface area contributed by atoms with Gasteiger partial charge >= 0.3 is 6.01 Å². The molecule has 0 amide bonds. The number of rotatable bonds is 9. The highest BCUT2D eigenvalue weighted by molar-refractivity contribution is 6.35. The molecule has 0 aliphatic carbocycles. The first-order valence-electron chi connectivity index (χ1n) is 14.2. The van der Waals surface area contributed by atoms with Crippen molar-refractivity contribution in [1.29, 1.82) is 0 Å². The van der Waals surface area contributed by atoms with E-state index in [-0.39, 0.29) is 27.9 Å². The number of halogens is 2. The van der Waals surface area contributed by atoms with Crippen molar-refractivity contribution in [2.45, 2.75) is 45.2 Å². The number of benzene rings is 3. The Labute approximate surface area is 238 Å². The van der Waals surface area contributed by atoms with E-state index in [0.717, 1.165) is 62.8 Å². The lowest BCUT2D eigenvalue weighted by Gasteiger charge is -2.34. The summed E-state index contributed by atoms with van der Waals surface area (Å²) in [4.78, 5) is 13.9. The van der Waals surface area contributed by atoms with E-state index < -0.39 is 5.82 Å². The van der Waals surface area contributed by atoms with E-state index in [1.807, 2.05) is 24.3 Å². The Hall–Kier alpha value is -3.20. The second-order valence-electron chi connectivity index (χ2n) is 10.8. The fraction of sp³-hybridized carbons (Fsp3) is 0.419. The summed E-state index contributed by atoms with van der Waals surface area (Å²) in [6.07, 6.45) is 3.05. The molecule has 2 atom stereocenters. The summed E-state index contributed by atoms with van der Waals surface area (Å²) in [5.74, 6) is 0.143. The van der Waals surface area contributed by atoms with Crippen LogP contribution in [0.25, 0.3) is 32.8 Å². The highest BCUT2D eigenvalue weighted by atomic mass is 35.5. The highest BCUT2D eigenvalue weighted by Gasteiger charge is 2.34. The number of nitrogens with one attached hydrogen (secondary N) is 1. The summed E-state index contributed by atoms with van der Waals surface area (Å²) < 4.78 is 22.6. The molecule has 0 saturated carbocycles. The van der Waals surface area contributed by atoms with Crippen molar-refractivity contribution >= 4 is 39.1 Å². The molecule has 0 radical (unpaired) electrons. The number of phenolic OH excluding ortho intramolecular Hbond substituents is 1. The van der Waals surface area contributed by atoms with Crippen LogP contribution in [0.1, 0.15) is 33.1 Å². The number of piperazine rings is 1. The molecule has 3 heterocycles. The lowest BCUT2D eigenvalue weighted by Crippen LogP contribution is -2.51. The first-order valence-corrected chi connectivity index (χ1v) is 14.6. The van der Waals surface area contributed by atoms with E-state index in [0.29, 0.717) is 35.5 Å². The molecule has 4 aromatic rings. The molecule has 2 fully saturated rings. The normalized spacial score (nSPS) is 18.8. The van der Waals surface area contributed by atoms with Gasteiger partial charge < -0.3 is 25.0 Å². The molecule has 2 saturated heterocycles. The molecule has 2 aliphatic rings. The molecule has 0 unspecified atom stereocenters. The number of phenols is 1. The van der Waals surface area contributed by atoms with Gasteiger partial charge in [0.15, 0.2) is 5.82 Å². The molecule has 9 heteroatoms. The van der Waals surface area contributed by atoms with Gasteiger partial charge in [-0.25, -0.2) is 4.39 Å². The maximum absolute atomic E-state index is 16.6. The minimum absolute atomic E-state index is 0.0427. The molecule has 3 aromatic carbocycles. The average Bonchev–Trinajstić information content (AvgIpc) is 3.30. The van der Waals surface area contributed by atoms with Gasteiger partial charge in [0.25, 0.3) is 0 Å². The first-order chi connectivity index (χ1) is 19.4. The molecule has 40 heavy (non-hydrogen) atoms. The van der Waals surface area contributed by atoms with Gasteiger partial charge in [0.05, 0.1) is 11.6 Å². The zero-order valence-corrected chi connectivity index (χ0v) is 23.7. The van der Waals surface area contributed by atoms with Gasteiger partial charge in [-0.1, -0.05) is 49.7 Å². The van der Waals surface area contributed by atoms with Gasteiger partial charge in [-0.15, -0.1) is 0 Å². The number of nitrogens with zero attached hydrogens (tertiary/aromatic N) is 4. The topological polar surface area (TPSA) is 73.8 Å². The van der Waals surface area contributed by atoms with Crippen LogP contribution < -0.4 is 15.0 Å². The van der Waals surface area contributed by atoms with Crippen molar-refractivity contribution in [3.63, 3.8) is 0 Å². The minimum Gasteiger partial charge on any atom is -0.508 e. The monoisotopic (exact) mass is 563 g/mol. The quantitative estimate of drug-likeness (QED) is 0.242. The maximum Gasteiger partial charge on any atom is 0.319 e. The summed E-state index contributed by atoms with van der Waals surface area (Å²) in [6.45, 7) is 9.16. The smallest absolute Gasteiger partial charge is 0.319 e. The average molecular weight is 564 g/mol. The third-order valence-electron chi connectivity index (χ3n) is 8.22. The summed E-state index contributed by atoms with van der Waals surface area (Å²) >= 11 is 6.83. The summed E-state index contributed by atoms with van der Waals surface area (Å²) in [5, 5.41) is 16.5. The van der Waals surface area contributed by atoms with Gasteiger partial charge in [0.2, 0.25) is 0 Å². The molecule has 2 N–H and O–H groups in total. The van der Waals surface area contributed by atoms with Gasteiger partial charge in [-0.05, 0) is 66.9 Å². The molecular weight excluding hydrogens is 529 g/mol. The van der Waals surface area contributed by atoms with Gasteiger partial charge in [0.1, 0.15) is 17.1 Å². The van der Waals surface area contributed by atoms with Crippen LogP contribution in [-0.2, 0) is 0 Å². The fourth-order valence-electron chi connectivity index (χ4n) is 6.18. The molecule has 0 spiro atoms. The lowest BCUT2D eigenvalue weighted by molar-refractivity contribution is 0.239. The Kier molecular flexibility index (Phi) is 7.66. The van der Waals surface area contributed by atoms with Crippen molar-refractivity contribution in [3.8, 4) is 22.9 Å². The summed E-state index contributed by atoms with van der Waals surface area (Å²) in [5.41, 5.74) is 0.891. The number of aromatic nitrogens is 2. The Morgan fingerprint density at radius 1 is 1.07 bits per heavy atom. The fourth-order valence-corrected chi connectivity index (χ4v) is 6.47. The Bertz CT molecular complexity index is 1530. The van der Waals surface area contributed by atoms with Gasteiger partial charge in [-0.2, -0.15) is 9.97 Å². The van der Waals surface area contributed by atoms with Crippen LogP contribution in [0.5, 0.6) is 11.8 Å². The molecular formula is C31H35ClFN5O2. The van der Waals surface area contributed by atoms with E-state index in [1.54, 1.807) is 18.2 Å². The van der Waals surface area contributed by atoms with Crippen molar-refractivity contribution in [2.24, 2.45) is 0 Å². The van der Waals surface area contributed by atoms with Crippen LogP contribution in [0.15, 0.2) is 42.5 Å². The number of fused-ring (bicyclic) bond motifs is 4. The number of hydrogen-bond donors (Lipinski definition) is 2. The van der Waals surface area contributed by atoms with E-state index in [2.05, 4.69) is 33.9 Å². The number of anilines is 1. The zero-order valence-electron chi connectivity index (χ0n) is 23.0. The van der Waals surface area contributed by atoms with E-state index in [1.165, 1.54) is 0 Å². The predicted octanol–water partition coefficient (Wildman–Crippen LogP) is 6.00. The van der Waals surface area contributed by atoms with Gasteiger partial charge in [-0.3, -0.25) is 0 Å². The largest absolute Gasteiger partial charge is 0.508 e. The number of aromatic hydroxyl groups is 1. The minimum atomic E-state index is -0.548. The van der Waals surface area contributed by atoms with E-state index in [9.17, 15) is 5.11 Å². The van der Waals surface area contributed by atoms with Crippen LogP contribution in [0.4, 0.5) is 10.2 Å². The lowest BCUT2D eigenvalue weighted by atomic mass is 9.96. The van der Waals surface area contributed by atoms with Crippen LogP contribution in [0.3, 0.4) is 0 Å². The third kappa shape index (κ3) is 5.16. The Balaban J connectivity index is 1.45. The predicted molar refractivity (Wildman–Crippen MR) is 159 cm³/mol. The van der Waals surface area contributed by atoms with Crippen LogP contribution in [0.2, 0.25) is 5.02 Å². The zero-order chi connectivity index (χ0) is 27.8. The number of hydrogen-bond acceptors (Lipinski definition) is 7. The molecule has 2 bridgehead atoms. The van der Waals surface area contributed by atoms with Crippen LogP contribution in [0, 0.1) is 5.82 Å². The SMILES string of the molecule is CCN(CC)CCCOc1nc(N2C[C@H]3CC[C@@H](C2)N3)c2cc(Cl)c(-c3cc(O)cc4ccccc34)c(F)c2n1. The van der Waals surface area contributed by atoms with Crippen molar-refractivity contribution in [3.05, 3.63) is 53.3 Å². The van der Waals surface area contributed by atoms with Crippen LogP contribution >= 0.6 is 11.6 Å². The van der Waals surface area contributed by atoms with E-state index >= 15 is 4.39 Å². The van der Waals surface area contributed by atoms with E-state index in [4.69, 9.17) is 21.3 Å². The molecule has 6 rings (SSSR count). The first kappa shape index (κ1) is 27.0. The standard InChI is InChI=1S/C31H35ClFN5O2/c1-3-37(4-2)12-7-13-40-31-35-29-25(30(36-31)38-17-20-10-11-21(18-38)34-20)16-26(32)27(28(29)33)24-15-22(39)14-19-8-5-6-9-23(19)24/h5-6,8-9,14-16,20-21,34,39H,3-4,7,10-13,17-18H2,1-2H3/t20-,21+. The van der Waals surface area contributed by atoms with Crippen molar-refractivity contribution in [2.75, 3.05) is 44.2 Å². The second-order valence-corrected chi connectivity index (χ2v) is 11.2. The van der Waals surface area contributed by atoms with Crippen LogP contribution in [-0.4, -0.2) is 71.4 Å². The highest BCUT2D eigenvalue weighted by Crippen LogP contribution is 2.42. The molecule has 210 valence electrons. The Morgan fingerprint density at radius 3 is 2.58 bits per heavy atom. The van der Waals surface area contributed by atoms with Crippen molar-refractivity contribution < 1.29 is 14.2 Å². The summed E-state index contributed by atoms with van der Waals surface area (Å²) in [7, 11) is 0. The second kappa shape index (κ2) is 11.4. The third-order valence-corrected chi connectivity index (χ3v) is 8.52. The molecule has 2 aliphatic heterocycles. The summed E-state index contributed by atoms with van der Waals surface area (Å²) in [6, 6.07) is 13.4. The molecule has 1 aromatic heterocycles. The van der Waals surface area contributed by atoms with Gasteiger partial charge in [0, 0.05) is 42.7 Å². The maximum atomic E-state index is 16.6. The van der Waals surface area contributed by atoms with Crippen molar-refractivity contribution in [1.82, 2.24) is 20.2 Å².